The Morgan fingerprint density at radius 3 is 2.84 bits per heavy atom. The zero-order valence-corrected chi connectivity index (χ0v) is 18.5. The second kappa shape index (κ2) is 9.51. The molecule has 2 aromatic carbocycles. The Morgan fingerprint density at radius 1 is 1.19 bits per heavy atom. The van der Waals surface area contributed by atoms with Crippen LogP contribution in [0.2, 0.25) is 10.0 Å². The van der Waals surface area contributed by atoms with E-state index in [0.717, 1.165) is 11.3 Å². The van der Waals surface area contributed by atoms with Gasteiger partial charge in [0.2, 0.25) is 5.82 Å². The fourth-order valence-electron chi connectivity index (χ4n) is 2.60. The molecule has 158 valence electrons. The molecule has 0 unspecified atom stereocenters. The molecule has 0 saturated heterocycles. The summed E-state index contributed by atoms with van der Waals surface area (Å²) < 4.78 is 12.2. The summed E-state index contributed by atoms with van der Waals surface area (Å²) in [6, 6.07) is 12.7. The molecule has 0 aliphatic heterocycles. The Morgan fingerprint density at radius 2 is 2.03 bits per heavy atom. The van der Waals surface area contributed by atoms with Crippen molar-refractivity contribution < 1.29 is 14.1 Å². The molecule has 4 rings (SSSR count). The van der Waals surface area contributed by atoms with Gasteiger partial charge in [-0.3, -0.25) is 9.36 Å². The molecule has 2 aromatic heterocycles. The van der Waals surface area contributed by atoms with Crippen molar-refractivity contribution in [3.63, 3.8) is 0 Å². The lowest BCUT2D eigenvalue weighted by molar-refractivity contribution is -0.141. The summed E-state index contributed by atoms with van der Waals surface area (Å²) in [5, 5.41) is 13.5. The van der Waals surface area contributed by atoms with Gasteiger partial charge in [0.25, 0.3) is 5.89 Å². The van der Waals surface area contributed by atoms with E-state index in [1.165, 1.54) is 11.8 Å². The van der Waals surface area contributed by atoms with Gasteiger partial charge in [0.15, 0.2) is 11.8 Å². The van der Waals surface area contributed by atoms with Crippen LogP contribution >= 0.6 is 35.0 Å². The highest BCUT2D eigenvalue weighted by Crippen LogP contribution is 2.26. The Labute approximate surface area is 191 Å². The van der Waals surface area contributed by atoms with E-state index >= 15 is 0 Å². The number of halogens is 2. The van der Waals surface area contributed by atoms with Crippen molar-refractivity contribution in [3.05, 3.63) is 70.2 Å². The average Bonchev–Trinajstić information content (AvgIpc) is 3.43. The summed E-state index contributed by atoms with van der Waals surface area (Å²) in [5.74, 6) is 0.0836. The third-order valence-electron chi connectivity index (χ3n) is 4.20. The molecule has 31 heavy (non-hydrogen) atoms. The van der Waals surface area contributed by atoms with Crippen LogP contribution in [0.4, 0.5) is 0 Å². The first-order valence-electron chi connectivity index (χ1n) is 9.03. The van der Waals surface area contributed by atoms with Crippen molar-refractivity contribution in [2.24, 2.45) is 0 Å². The molecule has 0 amide bonds. The van der Waals surface area contributed by atoms with Gasteiger partial charge in [-0.1, -0.05) is 58.3 Å². The van der Waals surface area contributed by atoms with E-state index in [0.29, 0.717) is 20.8 Å². The van der Waals surface area contributed by atoms with Crippen LogP contribution < -0.4 is 0 Å². The van der Waals surface area contributed by atoms with Crippen LogP contribution in [-0.4, -0.2) is 36.6 Å². The minimum absolute atomic E-state index is 0.0352. The average molecular weight is 476 g/mol. The van der Waals surface area contributed by atoms with Crippen LogP contribution in [0, 0.1) is 6.92 Å². The molecule has 0 spiro atoms. The van der Waals surface area contributed by atoms with Gasteiger partial charge < -0.3 is 9.26 Å². The van der Waals surface area contributed by atoms with Gasteiger partial charge >= 0.3 is 5.97 Å². The van der Waals surface area contributed by atoms with E-state index in [1.54, 1.807) is 29.1 Å². The largest absolute Gasteiger partial charge is 0.457 e. The summed E-state index contributed by atoms with van der Waals surface area (Å²) in [6.07, 6.45) is 1.56. The Kier molecular flexibility index (Phi) is 6.55. The maximum atomic E-state index is 12.2. The normalized spacial score (nSPS) is 10.9. The molecule has 0 aliphatic carbocycles. The summed E-state index contributed by atoms with van der Waals surface area (Å²) in [6.45, 7) is 1.80. The molecule has 0 atom stereocenters. The van der Waals surface area contributed by atoms with Gasteiger partial charge in [-0.2, -0.15) is 4.98 Å². The second-order valence-electron chi connectivity index (χ2n) is 6.36. The van der Waals surface area contributed by atoms with Gasteiger partial charge in [-0.05, 0) is 36.8 Å². The van der Waals surface area contributed by atoms with Crippen LogP contribution in [0.25, 0.3) is 17.1 Å². The van der Waals surface area contributed by atoms with Crippen molar-refractivity contribution in [2.45, 2.75) is 18.7 Å². The lowest BCUT2D eigenvalue weighted by atomic mass is 10.2. The van der Waals surface area contributed by atoms with Crippen molar-refractivity contribution in [1.82, 2.24) is 24.9 Å². The molecular formula is C20H15Cl2N5O3S. The smallest absolute Gasteiger partial charge is 0.316 e. The molecule has 8 nitrogen and oxygen atoms in total. The lowest BCUT2D eigenvalue weighted by Gasteiger charge is -2.07. The first kappa shape index (κ1) is 21.4. The number of aromatic nitrogens is 5. The number of benzene rings is 2. The molecule has 0 aliphatic rings. The molecule has 0 saturated carbocycles. The summed E-state index contributed by atoms with van der Waals surface area (Å²) in [4.78, 5) is 16.4. The summed E-state index contributed by atoms with van der Waals surface area (Å²) in [7, 11) is 0. The number of carbonyl (C=O) groups excluding carboxylic acids is 1. The van der Waals surface area contributed by atoms with E-state index in [-0.39, 0.29) is 24.1 Å². The number of esters is 1. The number of hydrogen-bond acceptors (Lipinski definition) is 8. The Balaban J connectivity index is 1.33. The molecule has 0 fully saturated rings. The first-order valence-corrected chi connectivity index (χ1v) is 10.8. The number of hydrogen-bond donors (Lipinski definition) is 0. The van der Waals surface area contributed by atoms with Gasteiger partial charge in [0, 0.05) is 5.02 Å². The van der Waals surface area contributed by atoms with Crippen LogP contribution in [0.3, 0.4) is 0 Å². The van der Waals surface area contributed by atoms with Gasteiger partial charge in [0.1, 0.15) is 6.33 Å². The minimum atomic E-state index is -0.453. The molecule has 11 heteroatoms. The summed E-state index contributed by atoms with van der Waals surface area (Å²) in [5.41, 5.74) is 2.38. The van der Waals surface area contributed by atoms with Crippen LogP contribution in [0.1, 0.15) is 11.4 Å². The number of carbonyl (C=O) groups is 1. The highest BCUT2D eigenvalue weighted by atomic mass is 35.5. The van der Waals surface area contributed by atoms with Crippen molar-refractivity contribution >= 4 is 40.9 Å². The standard InChI is InChI=1S/C20H15Cl2N5O3S/c1-12-6-7-13(8-16(12)22)27-11-23-25-20(27)31-10-18(28)29-9-17-24-19(30-26-17)14-4-2-3-5-15(14)21/h2-8,11H,9-10H2,1H3. The number of rotatable bonds is 7. The molecule has 0 N–H and O–H groups in total. The zero-order chi connectivity index (χ0) is 21.8. The zero-order valence-electron chi connectivity index (χ0n) is 16.2. The molecule has 4 aromatic rings. The van der Waals surface area contributed by atoms with Crippen LogP contribution in [-0.2, 0) is 16.1 Å². The number of thioether (sulfide) groups is 1. The molecule has 2 heterocycles. The minimum Gasteiger partial charge on any atom is -0.457 e. The van der Waals surface area contributed by atoms with E-state index in [4.69, 9.17) is 32.5 Å². The quantitative estimate of drug-likeness (QED) is 0.278. The second-order valence-corrected chi connectivity index (χ2v) is 8.12. The monoisotopic (exact) mass is 475 g/mol. The van der Waals surface area contributed by atoms with E-state index in [9.17, 15) is 4.79 Å². The van der Waals surface area contributed by atoms with E-state index in [1.807, 2.05) is 31.2 Å². The first-order chi connectivity index (χ1) is 15.0. The van der Waals surface area contributed by atoms with Crippen LogP contribution in [0.15, 0.2) is 58.5 Å². The van der Waals surface area contributed by atoms with E-state index in [2.05, 4.69) is 20.3 Å². The van der Waals surface area contributed by atoms with E-state index < -0.39 is 5.97 Å². The molecule has 0 bridgehead atoms. The predicted molar refractivity (Wildman–Crippen MR) is 116 cm³/mol. The van der Waals surface area contributed by atoms with Gasteiger partial charge in [-0.25, -0.2) is 0 Å². The Bertz CT molecular complexity index is 1230. The number of nitrogens with zero attached hydrogens (tertiary/aromatic N) is 5. The molecular weight excluding hydrogens is 461 g/mol. The van der Waals surface area contributed by atoms with Crippen molar-refractivity contribution in [1.29, 1.82) is 0 Å². The third-order valence-corrected chi connectivity index (χ3v) is 5.86. The Hall–Kier alpha value is -2.88. The van der Waals surface area contributed by atoms with Gasteiger partial charge in [0.05, 0.1) is 22.0 Å². The SMILES string of the molecule is Cc1ccc(-n2cnnc2SCC(=O)OCc2noc(-c3ccccc3Cl)n2)cc1Cl. The third kappa shape index (κ3) is 5.07. The summed E-state index contributed by atoms with van der Waals surface area (Å²) >= 11 is 13.5. The number of ether oxygens (including phenoxy) is 1. The maximum absolute atomic E-state index is 12.2. The van der Waals surface area contributed by atoms with Crippen molar-refractivity contribution in [3.8, 4) is 17.1 Å². The maximum Gasteiger partial charge on any atom is 0.316 e. The highest BCUT2D eigenvalue weighted by molar-refractivity contribution is 7.99. The van der Waals surface area contributed by atoms with Gasteiger partial charge in [-0.15, -0.1) is 10.2 Å². The van der Waals surface area contributed by atoms with Crippen molar-refractivity contribution in [2.75, 3.05) is 5.75 Å². The fraction of sp³-hybridized carbons (Fsp3) is 0.150. The van der Waals surface area contributed by atoms with Crippen LogP contribution in [0.5, 0.6) is 0 Å². The highest BCUT2D eigenvalue weighted by Gasteiger charge is 2.15. The lowest BCUT2D eigenvalue weighted by Crippen LogP contribution is -2.09. The molecule has 0 radical (unpaired) electrons. The predicted octanol–water partition coefficient (Wildman–Crippen LogP) is 4.77. The number of aryl methyl sites for hydroxylation is 1. The topological polar surface area (TPSA) is 95.9 Å². The fourth-order valence-corrected chi connectivity index (χ4v) is 3.72.